The standard InChI is InChI=1S/C25H15F2IO5S/c26-16-10-13-24(21(27)14-16)34(30,31)33-28(17-6-2-1-3-7-17)18-11-12-23-20(15-18)25(29)19-8-4-5-9-22(19)32-23/h1-15H. The molecular formula is C25H15F2IO5S. The van der Waals surface area contributed by atoms with Crippen LogP contribution >= 0.6 is 20.2 Å². The molecule has 0 spiro atoms. The van der Waals surface area contributed by atoms with Crippen LogP contribution in [-0.4, -0.2) is 8.42 Å². The quantitative estimate of drug-likeness (QED) is 0.183. The van der Waals surface area contributed by atoms with E-state index in [1.807, 2.05) is 0 Å². The summed E-state index contributed by atoms with van der Waals surface area (Å²) < 4.78 is 66.2. The molecule has 9 heteroatoms. The van der Waals surface area contributed by atoms with Crippen molar-refractivity contribution in [2.75, 3.05) is 0 Å². The summed E-state index contributed by atoms with van der Waals surface area (Å²) >= 11 is -3.23. The van der Waals surface area contributed by atoms with E-state index in [9.17, 15) is 22.0 Å². The molecule has 0 atom stereocenters. The Bertz CT molecular complexity index is 1700. The van der Waals surface area contributed by atoms with Crippen LogP contribution in [-0.2, 0) is 12.6 Å². The van der Waals surface area contributed by atoms with Crippen LogP contribution in [0.4, 0.5) is 8.78 Å². The Hall–Kier alpha value is -3.15. The third-order valence-corrected chi connectivity index (χ3v) is 12.3. The number of hydrogen-bond acceptors (Lipinski definition) is 5. The molecule has 0 N–H and O–H groups in total. The number of fused-ring (bicyclic) bond motifs is 2. The van der Waals surface area contributed by atoms with Gasteiger partial charge < -0.3 is 0 Å². The molecule has 4 aromatic carbocycles. The van der Waals surface area contributed by atoms with Gasteiger partial charge in [0.2, 0.25) is 0 Å². The maximum absolute atomic E-state index is 14.3. The molecule has 0 saturated carbocycles. The van der Waals surface area contributed by atoms with E-state index in [2.05, 4.69) is 0 Å². The second kappa shape index (κ2) is 8.90. The SMILES string of the molecule is O=c1c2ccccc2oc2ccc(I(OS(=O)(=O)c3ccc(F)cc3F)c3ccccc3)cc12. The van der Waals surface area contributed by atoms with E-state index in [-0.39, 0.29) is 10.8 Å². The van der Waals surface area contributed by atoms with Crippen molar-refractivity contribution in [1.29, 1.82) is 0 Å². The summed E-state index contributed by atoms with van der Waals surface area (Å²) in [4.78, 5) is 12.3. The molecule has 1 aromatic heterocycles. The van der Waals surface area contributed by atoms with Crippen molar-refractivity contribution in [2.45, 2.75) is 4.90 Å². The minimum atomic E-state index is -4.57. The molecule has 0 bridgehead atoms. The normalized spacial score (nSPS) is 12.2. The van der Waals surface area contributed by atoms with Crippen molar-refractivity contribution in [1.82, 2.24) is 0 Å². The summed E-state index contributed by atoms with van der Waals surface area (Å²) in [6.45, 7) is 0. The van der Waals surface area contributed by atoms with Crippen LogP contribution < -0.4 is 5.43 Å². The Balaban J connectivity index is 1.66. The third-order valence-electron chi connectivity index (χ3n) is 4.98. The zero-order valence-electron chi connectivity index (χ0n) is 17.2. The van der Waals surface area contributed by atoms with Gasteiger partial charge in [0.1, 0.15) is 0 Å². The molecule has 0 saturated heterocycles. The average molecular weight is 592 g/mol. The van der Waals surface area contributed by atoms with Crippen LogP contribution in [0.15, 0.2) is 105 Å². The minimum absolute atomic E-state index is 0.255. The molecule has 0 amide bonds. The first kappa shape index (κ1) is 22.6. The van der Waals surface area contributed by atoms with Crippen molar-refractivity contribution < 1.29 is 24.1 Å². The van der Waals surface area contributed by atoms with E-state index in [4.69, 9.17) is 6.93 Å². The summed E-state index contributed by atoms with van der Waals surface area (Å²) in [6.07, 6.45) is 0. The van der Waals surface area contributed by atoms with Crippen molar-refractivity contribution >= 4 is 52.3 Å². The molecule has 5 nitrogen and oxygen atoms in total. The predicted molar refractivity (Wildman–Crippen MR) is 132 cm³/mol. The van der Waals surface area contributed by atoms with Crippen molar-refractivity contribution in [3.05, 3.63) is 120 Å². The molecule has 0 aliphatic carbocycles. The van der Waals surface area contributed by atoms with Gasteiger partial charge >= 0.3 is 201 Å². The summed E-state index contributed by atoms with van der Waals surface area (Å²) in [7, 11) is -4.57. The fourth-order valence-corrected chi connectivity index (χ4v) is 10.5. The Morgan fingerprint density at radius 2 is 1.44 bits per heavy atom. The van der Waals surface area contributed by atoms with E-state index >= 15 is 0 Å². The van der Waals surface area contributed by atoms with Gasteiger partial charge in [0.25, 0.3) is 0 Å². The average Bonchev–Trinajstić information content (AvgIpc) is 2.83. The molecule has 172 valence electrons. The molecule has 34 heavy (non-hydrogen) atoms. The van der Waals surface area contributed by atoms with Crippen LogP contribution in [0.5, 0.6) is 0 Å². The molecule has 5 aromatic rings. The summed E-state index contributed by atoms with van der Waals surface area (Å²) in [5, 5.41) is 0.678. The topological polar surface area (TPSA) is 73.6 Å². The molecule has 0 aliphatic heterocycles. The number of benzene rings is 4. The van der Waals surface area contributed by atoms with Crippen LogP contribution in [0.3, 0.4) is 0 Å². The summed E-state index contributed by atoms with van der Waals surface area (Å²) in [5.74, 6) is -2.14. The monoisotopic (exact) mass is 592 g/mol. The first-order valence-corrected chi connectivity index (χ1v) is 14.4. The summed E-state index contributed by atoms with van der Waals surface area (Å²) in [5.41, 5.74) is 0.538. The molecule has 0 aliphatic rings. The Morgan fingerprint density at radius 3 is 2.21 bits per heavy atom. The van der Waals surface area contributed by atoms with Gasteiger partial charge in [-0.1, -0.05) is 0 Å². The second-order valence-electron chi connectivity index (χ2n) is 7.20. The molecule has 0 radical (unpaired) electrons. The maximum atomic E-state index is 14.3. The van der Waals surface area contributed by atoms with Crippen molar-refractivity contribution in [2.24, 2.45) is 0 Å². The van der Waals surface area contributed by atoms with Crippen LogP contribution in [0.25, 0.3) is 21.9 Å². The van der Waals surface area contributed by atoms with Gasteiger partial charge in [-0.2, -0.15) is 0 Å². The van der Waals surface area contributed by atoms with E-state index in [1.165, 1.54) is 0 Å². The van der Waals surface area contributed by atoms with E-state index in [0.717, 1.165) is 12.1 Å². The zero-order valence-corrected chi connectivity index (χ0v) is 20.2. The van der Waals surface area contributed by atoms with Gasteiger partial charge in [0.05, 0.1) is 0 Å². The molecule has 0 fully saturated rings. The van der Waals surface area contributed by atoms with Gasteiger partial charge in [-0.05, 0) is 0 Å². The van der Waals surface area contributed by atoms with E-state index in [1.54, 1.807) is 72.8 Å². The number of hydrogen-bond donors (Lipinski definition) is 0. The molecular weight excluding hydrogens is 577 g/mol. The van der Waals surface area contributed by atoms with Crippen molar-refractivity contribution in [3.63, 3.8) is 0 Å². The van der Waals surface area contributed by atoms with Gasteiger partial charge in [0, 0.05) is 0 Å². The van der Waals surface area contributed by atoms with Crippen LogP contribution in [0.2, 0.25) is 0 Å². The molecule has 5 rings (SSSR count). The summed E-state index contributed by atoms with van der Waals surface area (Å²) in [6, 6.07) is 22.5. The van der Waals surface area contributed by atoms with Gasteiger partial charge in [-0.25, -0.2) is 0 Å². The Kier molecular flexibility index (Phi) is 5.92. The first-order chi connectivity index (χ1) is 16.3. The Morgan fingerprint density at radius 1 is 0.735 bits per heavy atom. The zero-order chi connectivity index (χ0) is 23.9. The van der Waals surface area contributed by atoms with Gasteiger partial charge in [-0.3, -0.25) is 0 Å². The van der Waals surface area contributed by atoms with Gasteiger partial charge in [-0.15, -0.1) is 0 Å². The fraction of sp³-hybridized carbons (Fsp3) is 0. The number of halogens is 3. The van der Waals surface area contributed by atoms with Crippen molar-refractivity contribution in [3.8, 4) is 0 Å². The Labute approximate surface area is 200 Å². The van der Waals surface area contributed by atoms with Crippen LogP contribution in [0, 0.1) is 18.8 Å². The predicted octanol–water partition coefficient (Wildman–Crippen LogP) is 6.09. The second-order valence-corrected chi connectivity index (χ2v) is 13.7. The molecule has 1 heterocycles. The third kappa shape index (κ3) is 4.22. The van der Waals surface area contributed by atoms with E-state index < -0.39 is 46.9 Å². The number of rotatable bonds is 5. The fourth-order valence-electron chi connectivity index (χ4n) is 3.40. The molecule has 0 unspecified atom stereocenters. The van der Waals surface area contributed by atoms with Gasteiger partial charge in [0.15, 0.2) is 0 Å². The van der Waals surface area contributed by atoms with E-state index in [0.29, 0.717) is 29.8 Å². The van der Waals surface area contributed by atoms with Crippen LogP contribution in [0.1, 0.15) is 0 Å². The first-order valence-electron chi connectivity index (χ1n) is 9.94. The number of para-hydroxylation sites is 1.